The molecule has 0 radical (unpaired) electrons. The van der Waals surface area contributed by atoms with Gasteiger partial charge < -0.3 is 9.88 Å². The van der Waals surface area contributed by atoms with Crippen LogP contribution in [0.4, 0.5) is 0 Å². The highest BCUT2D eigenvalue weighted by atomic mass is 15.1. The summed E-state index contributed by atoms with van der Waals surface area (Å²) in [5, 5.41) is 3.16. The van der Waals surface area contributed by atoms with Crippen molar-refractivity contribution in [2.24, 2.45) is 0 Å². The van der Waals surface area contributed by atoms with Gasteiger partial charge in [-0.2, -0.15) is 0 Å². The fourth-order valence-electron chi connectivity index (χ4n) is 1.13. The number of nitrogens with one attached hydrogen (secondary N) is 1. The number of rotatable bonds is 1. The second-order valence-electron chi connectivity index (χ2n) is 2.46. The Morgan fingerprint density at radius 2 is 2.09 bits per heavy atom. The Morgan fingerprint density at radius 1 is 1.27 bits per heavy atom. The van der Waals surface area contributed by atoms with Gasteiger partial charge in [-0.15, -0.1) is 0 Å². The first kappa shape index (κ1) is 6.28. The fourth-order valence-corrected chi connectivity index (χ4v) is 1.13. The van der Waals surface area contributed by atoms with Crippen molar-refractivity contribution in [3.05, 3.63) is 42.9 Å². The number of nitrogens with zero attached hydrogens (tertiary/aromatic N) is 1. The molecule has 11 heavy (non-hydrogen) atoms. The van der Waals surface area contributed by atoms with Crippen LogP contribution >= 0.6 is 0 Å². The van der Waals surface area contributed by atoms with Crippen LogP contribution in [0.2, 0.25) is 0 Å². The van der Waals surface area contributed by atoms with Crippen molar-refractivity contribution in [2.75, 3.05) is 0 Å². The van der Waals surface area contributed by atoms with Gasteiger partial charge in [0.1, 0.15) is 5.82 Å². The van der Waals surface area contributed by atoms with E-state index in [0.717, 1.165) is 12.2 Å². The van der Waals surface area contributed by atoms with Crippen molar-refractivity contribution in [1.29, 1.82) is 0 Å². The predicted molar refractivity (Wildman–Crippen MR) is 45.6 cm³/mol. The lowest BCUT2D eigenvalue weighted by atomic mass is 10.3. The number of aromatic nitrogens is 1. The van der Waals surface area contributed by atoms with Gasteiger partial charge >= 0.3 is 0 Å². The van der Waals surface area contributed by atoms with Gasteiger partial charge in [0.15, 0.2) is 0 Å². The lowest BCUT2D eigenvalue weighted by Crippen LogP contribution is -2.11. The molecule has 2 rings (SSSR count). The molecule has 56 valence electrons. The highest BCUT2D eigenvalue weighted by molar-refractivity contribution is 5.46. The minimum atomic E-state index is 1.01. The van der Waals surface area contributed by atoms with Crippen molar-refractivity contribution in [1.82, 2.24) is 9.88 Å². The van der Waals surface area contributed by atoms with E-state index in [1.54, 1.807) is 0 Å². The Labute approximate surface area is 65.8 Å². The summed E-state index contributed by atoms with van der Waals surface area (Å²) in [5.41, 5.74) is 0. The second-order valence-corrected chi connectivity index (χ2v) is 2.46. The number of dihydropyridines is 1. The molecule has 0 aromatic carbocycles. The van der Waals surface area contributed by atoms with E-state index < -0.39 is 0 Å². The molecule has 2 heterocycles. The smallest absolute Gasteiger partial charge is 0.110 e. The number of allylic oxidation sites excluding steroid dienone is 2. The van der Waals surface area contributed by atoms with Gasteiger partial charge in [-0.25, -0.2) is 0 Å². The number of hydrogen-bond donors (Lipinski definition) is 1. The highest BCUT2D eigenvalue weighted by Crippen LogP contribution is 2.06. The minimum Gasteiger partial charge on any atom is -0.348 e. The van der Waals surface area contributed by atoms with Crippen molar-refractivity contribution in [2.45, 2.75) is 6.42 Å². The summed E-state index contributed by atoms with van der Waals surface area (Å²) in [7, 11) is 0. The lowest BCUT2D eigenvalue weighted by Gasteiger charge is -2.11. The van der Waals surface area contributed by atoms with E-state index in [0.29, 0.717) is 0 Å². The van der Waals surface area contributed by atoms with E-state index in [1.807, 2.05) is 30.7 Å². The quantitative estimate of drug-likeness (QED) is 0.639. The SMILES string of the molecule is C1=CNC(n2cccc2)=CC1. The topological polar surface area (TPSA) is 17.0 Å². The van der Waals surface area contributed by atoms with E-state index in [9.17, 15) is 0 Å². The normalized spacial score (nSPS) is 15.8. The van der Waals surface area contributed by atoms with Crippen molar-refractivity contribution < 1.29 is 0 Å². The average molecular weight is 146 g/mol. The molecule has 1 aliphatic rings. The van der Waals surface area contributed by atoms with Crippen LogP contribution in [0.25, 0.3) is 5.82 Å². The molecule has 2 heteroatoms. The largest absolute Gasteiger partial charge is 0.348 e. The van der Waals surface area contributed by atoms with Crippen molar-refractivity contribution >= 4 is 5.82 Å². The number of hydrogen-bond acceptors (Lipinski definition) is 1. The van der Waals surface area contributed by atoms with Gasteiger partial charge in [-0.3, -0.25) is 0 Å². The Morgan fingerprint density at radius 3 is 2.73 bits per heavy atom. The molecule has 1 aromatic heterocycles. The predicted octanol–water partition coefficient (Wildman–Crippen LogP) is 1.79. The molecule has 0 atom stereocenters. The molecular formula is C9H10N2. The maximum absolute atomic E-state index is 3.16. The molecule has 1 N–H and O–H groups in total. The first-order valence-corrected chi connectivity index (χ1v) is 3.72. The molecule has 0 amide bonds. The molecule has 0 unspecified atom stereocenters. The van der Waals surface area contributed by atoms with Crippen LogP contribution in [0, 0.1) is 0 Å². The van der Waals surface area contributed by atoms with E-state index >= 15 is 0 Å². The zero-order chi connectivity index (χ0) is 7.52. The van der Waals surface area contributed by atoms with Crippen molar-refractivity contribution in [3.8, 4) is 0 Å². The molecule has 0 aliphatic carbocycles. The Kier molecular flexibility index (Phi) is 1.52. The van der Waals surface area contributed by atoms with E-state index in [2.05, 4.69) is 22.0 Å². The molecule has 1 aliphatic heterocycles. The van der Waals surface area contributed by atoms with Crippen molar-refractivity contribution in [3.63, 3.8) is 0 Å². The van der Waals surface area contributed by atoms with Crippen LogP contribution in [0.1, 0.15) is 6.42 Å². The third-order valence-electron chi connectivity index (χ3n) is 1.68. The summed E-state index contributed by atoms with van der Waals surface area (Å²) in [6.45, 7) is 0. The van der Waals surface area contributed by atoms with Crippen LogP contribution < -0.4 is 5.32 Å². The maximum Gasteiger partial charge on any atom is 0.110 e. The average Bonchev–Trinajstić information content (AvgIpc) is 2.58. The molecule has 0 saturated carbocycles. The fraction of sp³-hybridized carbons (Fsp3) is 0.111. The summed E-state index contributed by atoms with van der Waals surface area (Å²) in [5.74, 6) is 1.14. The summed E-state index contributed by atoms with van der Waals surface area (Å²) in [4.78, 5) is 0. The zero-order valence-corrected chi connectivity index (χ0v) is 6.20. The summed E-state index contributed by atoms with van der Waals surface area (Å²) < 4.78 is 2.06. The van der Waals surface area contributed by atoms with Gasteiger partial charge in [-0.05, 0) is 30.8 Å². The van der Waals surface area contributed by atoms with Gasteiger partial charge in [0.25, 0.3) is 0 Å². The van der Waals surface area contributed by atoms with E-state index in [-0.39, 0.29) is 0 Å². The first-order valence-electron chi connectivity index (χ1n) is 3.72. The Balaban J connectivity index is 2.24. The summed E-state index contributed by atoms with van der Waals surface area (Å²) >= 11 is 0. The monoisotopic (exact) mass is 146 g/mol. The van der Waals surface area contributed by atoms with Crippen LogP contribution in [0.15, 0.2) is 42.9 Å². The van der Waals surface area contributed by atoms with Crippen LogP contribution in [-0.2, 0) is 0 Å². The molecule has 0 spiro atoms. The van der Waals surface area contributed by atoms with E-state index in [1.165, 1.54) is 0 Å². The van der Waals surface area contributed by atoms with Crippen LogP contribution in [-0.4, -0.2) is 4.57 Å². The standard InChI is InChI=1S/C9H10N2/c1-2-6-10-9(5-1)11-7-3-4-8-11/h2-8,10H,1H2. The highest BCUT2D eigenvalue weighted by Gasteiger charge is 1.97. The molecule has 0 saturated heterocycles. The summed E-state index contributed by atoms with van der Waals surface area (Å²) in [6.07, 6.45) is 11.3. The molecule has 2 nitrogen and oxygen atoms in total. The van der Waals surface area contributed by atoms with E-state index in [4.69, 9.17) is 0 Å². The Hall–Kier alpha value is -1.44. The maximum atomic E-state index is 3.16. The lowest BCUT2D eigenvalue weighted by molar-refractivity contribution is 0.967. The first-order chi connectivity index (χ1) is 5.47. The van der Waals surface area contributed by atoms with Gasteiger partial charge in [0.2, 0.25) is 0 Å². The second kappa shape index (κ2) is 2.66. The van der Waals surface area contributed by atoms with Crippen LogP contribution in [0.3, 0.4) is 0 Å². The molecule has 0 fully saturated rings. The minimum absolute atomic E-state index is 1.01. The van der Waals surface area contributed by atoms with Gasteiger partial charge in [0.05, 0.1) is 0 Å². The third-order valence-corrected chi connectivity index (χ3v) is 1.68. The zero-order valence-electron chi connectivity index (χ0n) is 6.20. The third kappa shape index (κ3) is 1.19. The van der Waals surface area contributed by atoms with Gasteiger partial charge in [0, 0.05) is 12.4 Å². The Bertz CT molecular complexity index is 281. The molecule has 0 bridgehead atoms. The van der Waals surface area contributed by atoms with Gasteiger partial charge in [-0.1, -0.05) is 6.08 Å². The van der Waals surface area contributed by atoms with Crippen LogP contribution in [0.5, 0.6) is 0 Å². The molecular weight excluding hydrogens is 136 g/mol. The molecule has 1 aromatic rings. The summed E-state index contributed by atoms with van der Waals surface area (Å²) in [6, 6.07) is 4.03.